The number of nitrogens with two attached hydrogens (primary N) is 1. The van der Waals surface area contributed by atoms with Gasteiger partial charge in [0, 0.05) is 17.1 Å². The highest BCUT2D eigenvalue weighted by Crippen LogP contribution is 2.54. The van der Waals surface area contributed by atoms with Crippen LogP contribution in [-0.4, -0.2) is 76.4 Å². The van der Waals surface area contributed by atoms with Crippen LogP contribution in [0.2, 0.25) is 0 Å². The van der Waals surface area contributed by atoms with Crippen molar-refractivity contribution in [3.8, 4) is 16.9 Å². The molecule has 42 heavy (non-hydrogen) atoms. The average Bonchev–Trinajstić information content (AvgIpc) is 2.93. The molecule has 5 rings (SSSR count). The normalized spacial score (nSPS) is 25.1. The minimum atomic E-state index is -2.66. The van der Waals surface area contributed by atoms with Crippen LogP contribution in [0.3, 0.4) is 0 Å². The molecule has 2 aromatic rings. The number of hydrogen-bond donors (Lipinski definition) is 5. The van der Waals surface area contributed by atoms with Gasteiger partial charge in [0.25, 0.3) is 11.8 Å². The van der Waals surface area contributed by atoms with E-state index in [2.05, 4.69) is 10.7 Å². The van der Waals surface area contributed by atoms with E-state index in [9.17, 15) is 39.4 Å². The van der Waals surface area contributed by atoms with E-state index < -0.39 is 63.9 Å². The molecule has 3 aliphatic carbocycles. The summed E-state index contributed by atoms with van der Waals surface area (Å²) < 4.78 is 0. The number of carbonyl (C=O) groups is 4. The summed E-state index contributed by atoms with van der Waals surface area (Å²) in [5, 5.41) is 36.7. The molecule has 0 fully saturated rings. The summed E-state index contributed by atoms with van der Waals surface area (Å²) in [4.78, 5) is 70.4. The minimum absolute atomic E-state index is 0.0634. The second-order valence-electron chi connectivity index (χ2n) is 10.8. The molecule has 13 nitrogen and oxygen atoms in total. The molecule has 2 aromatic carbocycles. The first-order valence-electron chi connectivity index (χ1n) is 13.0. The Morgan fingerprint density at radius 2 is 1.88 bits per heavy atom. The molecule has 3 aliphatic rings. The molecule has 0 spiro atoms. The Balaban J connectivity index is 1.73. The number of carbonyl (C=O) groups excluding carboxylic acids is 4. The number of nitrogens with one attached hydrogen (secondary N) is 1. The molecule has 0 aromatic heterocycles. The van der Waals surface area contributed by atoms with Gasteiger partial charge >= 0.3 is 0 Å². The molecule has 0 unspecified atom stereocenters. The molecule has 4 atom stereocenters. The number of phenols is 1. The van der Waals surface area contributed by atoms with Crippen molar-refractivity contribution in [1.29, 1.82) is 0 Å². The summed E-state index contributed by atoms with van der Waals surface area (Å²) in [6, 6.07) is 8.23. The lowest BCUT2D eigenvalue weighted by Crippen LogP contribution is -2.62. The number of aliphatic hydroxyl groups excluding tert-OH is 1. The van der Waals surface area contributed by atoms with Gasteiger partial charge in [0.1, 0.15) is 22.8 Å². The standard InChI is InChI=1S/C29H28N4O9/c1-33(2)22-17-11-14-10-16-15(12-5-4-6-13(9-12)28(39)32-42-3)7-8-18(34)20(16)23(35)19(14)25(31-41)29(17,40)26(37)21(24(22)36)27(30)38/h4-9,14,17,22,34,37,40H,10-11H2,1-3H3,(H2,30,38)(H,32,39)/t14-,17-,22-,29-/m0/s1. The van der Waals surface area contributed by atoms with Gasteiger partial charge in [-0.15, -0.1) is 4.91 Å². The third-order valence-corrected chi connectivity index (χ3v) is 8.33. The van der Waals surface area contributed by atoms with Crippen molar-refractivity contribution in [3.63, 3.8) is 0 Å². The van der Waals surface area contributed by atoms with E-state index in [1.165, 1.54) is 32.2 Å². The van der Waals surface area contributed by atoms with E-state index in [4.69, 9.17) is 10.6 Å². The first-order valence-corrected chi connectivity index (χ1v) is 13.0. The van der Waals surface area contributed by atoms with E-state index in [0.29, 0.717) is 16.7 Å². The number of likely N-dealkylation sites (N-methyl/N-ethyl adjacent to an activating group) is 1. The van der Waals surface area contributed by atoms with Crippen molar-refractivity contribution in [2.24, 2.45) is 22.7 Å². The average molecular weight is 577 g/mol. The second kappa shape index (κ2) is 10.3. The van der Waals surface area contributed by atoms with Gasteiger partial charge in [-0.05, 0) is 72.9 Å². The Kier molecular flexibility index (Phi) is 7.05. The quantitative estimate of drug-likeness (QED) is 0.189. The fourth-order valence-corrected chi connectivity index (χ4v) is 6.61. The van der Waals surface area contributed by atoms with Gasteiger partial charge in [-0.25, -0.2) is 5.48 Å². The minimum Gasteiger partial charge on any atom is -0.508 e. The van der Waals surface area contributed by atoms with Crippen LogP contribution in [0.5, 0.6) is 5.75 Å². The molecule has 0 heterocycles. The van der Waals surface area contributed by atoms with Crippen LogP contribution in [0.1, 0.15) is 32.7 Å². The van der Waals surface area contributed by atoms with Gasteiger partial charge in [0.05, 0.1) is 18.7 Å². The fourth-order valence-electron chi connectivity index (χ4n) is 6.61. The van der Waals surface area contributed by atoms with Gasteiger partial charge in [0.15, 0.2) is 17.2 Å². The largest absolute Gasteiger partial charge is 0.508 e. The number of aromatic hydroxyl groups is 1. The van der Waals surface area contributed by atoms with Crippen LogP contribution in [0, 0.1) is 16.7 Å². The highest BCUT2D eigenvalue weighted by atomic mass is 16.6. The summed E-state index contributed by atoms with van der Waals surface area (Å²) in [5.41, 5.74) is 4.76. The van der Waals surface area contributed by atoms with Crippen molar-refractivity contribution >= 4 is 23.4 Å². The van der Waals surface area contributed by atoms with E-state index >= 15 is 0 Å². The van der Waals surface area contributed by atoms with Crippen LogP contribution >= 0.6 is 0 Å². The van der Waals surface area contributed by atoms with Crippen molar-refractivity contribution in [3.05, 3.63) is 80.6 Å². The number of fused-ring (bicyclic) bond motifs is 3. The number of allylic oxidation sites excluding steroid dienone is 1. The van der Waals surface area contributed by atoms with Crippen LogP contribution < -0.4 is 11.2 Å². The lowest BCUT2D eigenvalue weighted by molar-refractivity contribution is -0.134. The van der Waals surface area contributed by atoms with Crippen LogP contribution in [0.25, 0.3) is 11.1 Å². The number of hydrogen-bond acceptors (Lipinski definition) is 11. The number of hydroxylamine groups is 1. The Morgan fingerprint density at radius 3 is 2.50 bits per heavy atom. The maximum absolute atomic E-state index is 14.0. The van der Waals surface area contributed by atoms with Crippen molar-refractivity contribution in [1.82, 2.24) is 10.4 Å². The highest BCUT2D eigenvalue weighted by molar-refractivity contribution is 6.22. The van der Waals surface area contributed by atoms with E-state index in [0.717, 1.165) is 0 Å². The molecule has 0 radical (unpaired) electrons. The first-order chi connectivity index (χ1) is 19.9. The van der Waals surface area contributed by atoms with E-state index in [1.807, 2.05) is 0 Å². The Bertz CT molecular complexity index is 1640. The van der Waals surface area contributed by atoms with Crippen LogP contribution in [-0.2, 0) is 20.8 Å². The second-order valence-corrected chi connectivity index (χ2v) is 10.8. The number of amides is 2. The molecule has 0 bridgehead atoms. The van der Waals surface area contributed by atoms with E-state index in [-0.39, 0.29) is 35.3 Å². The van der Waals surface area contributed by atoms with Crippen LogP contribution in [0.15, 0.2) is 64.2 Å². The number of rotatable bonds is 6. The number of Topliss-reactive ketones (excluding diaryl/α,β-unsaturated/α-hetero) is 2. The summed E-state index contributed by atoms with van der Waals surface area (Å²) >= 11 is 0. The number of nitrogens with zero attached hydrogens (tertiary/aromatic N) is 2. The summed E-state index contributed by atoms with van der Waals surface area (Å²) in [5.74, 6) is -6.91. The molecule has 0 saturated heterocycles. The van der Waals surface area contributed by atoms with Crippen molar-refractivity contribution < 1.29 is 39.3 Å². The smallest absolute Gasteiger partial charge is 0.274 e. The van der Waals surface area contributed by atoms with Crippen molar-refractivity contribution in [2.45, 2.75) is 24.5 Å². The van der Waals surface area contributed by atoms with Gasteiger partial charge < -0.3 is 21.1 Å². The number of ketones is 2. The number of aliphatic hydroxyl groups is 2. The maximum Gasteiger partial charge on any atom is 0.274 e. The molecular weight excluding hydrogens is 548 g/mol. The predicted octanol–water partition coefficient (Wildman–Crippen LogP) is 1.29. The monoisotopic (exact) mass is 576 g/mol. The Hall–Kier alpha value is -4.72. The van der Waals surface area contributed by atoms with Crippen molar-refractivity contribution in [2.75, 3.05) is 21.2 Å². The molecule has 0 saturated carbocycles. The van der Waals surface area contributed by atoms with Gasteiger partial charge in [-0.1, -0.05) is 18.2 Å². The molecule has 6 N–H and O–H groups in total. The van der Waals surface area contributed by atoms with Gasteiger partial charge in [0.2, 0.25) is 0 Å². The molecule has 0 aliphatic heterocycles. The summed E-state index contributed by atoms with van der Waals surface area (Å²) in [7, 11) is 4.36. The zero-order valence-electron chi connectivity index (χ0n) is 22.9. The molecule has 2 amide bonds. The van der Waals surface area contributed by atoms with Crippen LogP contribution in [0.4, 0.5) is 0 Å². The zero-order chi connectivity index (χ0) is 30.7. The maximum atomic E-state index is 14.0. The summed E-state index contributed by atoms with van der Waals surface area (Å²) in [6.45, 7) is 0. The number of phenolic OH excluding ortho intramolecular Hbond substituents is 1. The van der Waals surface area contributed by atoms with Gasteiger partial charge in [-0.2, -0.15) is 0 Å². The Morgan fingerprint density at radius 1 is 1.17 bits per heavy atom. The predicted molar refractivity (Wildman–Crippen MR) is 147 cm³/mol. The third kappa shape index (κ3) is 4.04. The highest BCUT2D eigenvalue weighted by Gasteiger charge is 2.62. The molecular formula is C29H28N4O9. The fraction of sp³-hybridized carbons (Fsp3) is 0.310. The lowest BCUT2D eigenvalue weighted by atomic mass is 9.58. The number of benzene rings is 2. The third-order valence-electron chi connectivity index (χ3n) is 8.33. The Labute approximate surface area is 239 Å². The summed E-state index contributed by atoms with van der Waals surface area (Å²) in [6.07, 6.45) is 0.0217. The SMILES string of the molecule is CONC(=O)c1cccc(-c2ccc(O)c3c2C[C@H]2C[C@H]4[C@H](N(C)C)C(=O)C(C(N)=O)=C(O)[C@@]4(O)C(N=O)=C2C3=O)c1. The van der Waals surface area contributed by atoms with Gasteiger partial charge in [-0.3, -0.25) is 28.9 Å². The number of nitroso groups, excluding NO2 is 1. The first kappa shape index (κ1) is 28.8. The zero-order valence-corrected chi connectivity index (χ0v) is 22.9. The van der Waals surface area contributed by atoms with E-state index in [1.54, 1.807) is 30.3 Å². The topological polar surface area (TPSA) is 209 Å². The molecule has 13 heteroatoms. The molecule has 218 valence electrons. The lowest BCUT2D eigenvalue weighted by Gasteiger charge is -2.50. The number of primary amides is 1.